The SMILES string of the molecule is C1=CC(c2ccc(N(c3ccc(-c4nc5cccnc5o4)cc3)c3cccc(-c4ccccc4)c3)cc2)CC=C1N(c1ccc(-c2nc3cccnc3o2)cc1)c1cccc(-c2ccccc2)c1. The molecule has 12 rings (SSSR count). The maximum Gasteiger partial charge on any atom is 0.247 e. The third kappa shape index (κ3) is 8.01. The number of rotatable bonds is 11. The van der Waals surface area contributed by atoms with Crippen LogP contribution in [0.2, 0.25) is 0 Å². The van der Waals surface area contributed by atoms with Crippen LogP contribution in [0.1, 0.15) is 17.9 Å². The monoisotopic (exact) mass is 878 g/mol. The average Bonchev–Trinajstić information content (AvgIpc) is 4.06. The van der Waals surface area contributed by atoms with Gasteiger partial charge in [0.05, 0.1) is 0 Å². The van der Waals surface area contributed by atoms with E-state index in [0.717, 1.165) is 73.8 Å². The van der Waals surface area contributed by atoms with Crippen LogP contribution in [0.25, 0.3) is 67.6 Å². The van der Waals surface area contributed by atoms with Crippen LogP contribution in [-0.4, -0.2) is 19.9 Å². The number of hydrogen-bond acceptors (Lipinski definition) is 8. The molecule has 8 nitrogen and oxygen atoms in total. The molecule has 0 bridgehead atoms. The van der Waals surface area contributed by atoms with Crippen molar-refractivity contribution in [3.8, 4) is 45.2 Å². The second-order valence-corrected chi connectivity index (χ2v) is 16.7. The van der Waals surface area contributed by atoms with E-state index in [1.54, 1.807) is 12.4 Å². The zero-order valence-electron chi connectivity index (χ0n) is 36.8. The lowest BCUT2D eigenvalue weighted by molar-refractivity contribution is 0.607. The van der Waals surface area contributed by atoms with Gasteiger partial charge in [0.2, 0.25) is 23.2 Å². The van der Waals surface area contributed by atoms with E-state index in [9.17, 15) is 0 Å². The molecule has 4 aromatic heterocycles. The molecule has 0 N–H and O–H groups in total. The number of oxazole rings is 2. The Bertz CT molecular complexity index is 3530. The largest absolute Gasteiger partial charge is 0.418 e. The van der Waals surface area contributed by atoms with E-state index >= 15 is 0 Å². The molecule has 1 aliphatic rings. The van der Waals surface area contributed by atoms with Gasteiger partial charge in [-0.1, -0.05) is 109 Å². The van der Waals surface area contributed by atoms with Crippen LogP contribution < -0.4 is 9.80 Å². The minimum atomic E-state index is 0.195. The Balaban J connectivity index is 0.848. The van der Waals surface area contributed by atoms with Gasteiger partial charge >= 0.3 is 0 Å². The van der Waals surface area contributed by atoms with E-state index in [4.69, 9.17) is 18.8 Å². The third-order valence-electron chi connectivity index (χ3n) is 12.4. The average molecular weight is 879 g/mol. The van der Waals surface area contributed by atoms with Crippen LogP contribution in [0.15, 0.2) is 251 Å². The van der Waals surface area contributed by atoms with Gasteiger partial charge in [-0.15, -0.1) is 0 Å². The number of pyridine rings is 2. The predicted octanol–water partition coefficient (Wildman–Crippen LogP) is 15.7. The molecule has 0 aliphatic heterocycles. The molecule has 0 fully saturated rings. The second kappa shape index (κ2) is 17.7. The van der Waals surface area contributed by atoms with Gasteiger partial charge in [0, 0.05) is 63.6 Å². The van der Waals surface area contributed by atoms with Crippen molar-refractivity contribution in [3.05, 3.63) is 248 Å². The number of fused-ring (bicyclic) bond motifs is 2. The van der Waals surface area contributed by atoms with Crippen molar-refractivity contribution in [3.63, 3.8) is 0 Å². The number of allylic oxidation sites excluding steroid dienone is 3. The minimum absolute atomic E-state index is 0.195. The van der Waals surface area contributed by atoms with Crippen molar-refractivity contribution in [1.29, 1.82) is 0 Å². The van der Waals surface area contributed by atoms with Gasteiger partial charge in [-0.05, 0) is 150 Å². The minimum Gasteiger partial charge on any atom is -0.418 e. The molecule has 4 heterocycles. The summed E-state index contributed by atoms with van der Waals surface area (Å²) in [7, 11) is 0. The van der Waals surface area contributed by atoms with E-state index in [0.29, 0.717) is 23.2 Å². The van der Waals surface area contributed by atoms with E-state index < -0.39 is 0 Å². The molecule has 8 heteroatoms. The molecule has 0 amide bonds. The van der Waals surface area contributed by atoms with Crippen LogP contribution in [0.4, 0.5) is 28.4 Å². The zero-order valence-corrected chi connectivity index (χ0v) is 36.8. The maximum absolute atomic E-state index is 6.02. The summed E-state index contributed by atoms with van der Waals surface area (Å²) in [6, 6.07) is 71.8. The molecule has 11 aromatic rings. The summed E-state index contributed by atoms with van der Waals surface area (Å²) in [6.07, 6.45) is 11.2. The molecule has 0 saturated carbocycles. The normalized spacial score (nSPS) is 13.4. The highest BCUT2D eigenvalue weighted by atomic mass is 16.4. The van der Waals surface area contributed by atoms with Gasteiger partial charge in [-0.2, -0.15) is 0 Å². The molecule has 324 valence electrons. The molecular weight excluding hydrogens is 837 g/mol. The summed E-state index contributed by atoms with van der Waals surface area (Å²) in [5.41, 5.74) is 16.5. The lowest BCUT2D eigenvalue weighted by atomic mass is 9.91. The molecule has 0 spiro atoms. The van der Waals surface area contributed by atoms with Crippen molar-refractivity contribution in [1.82, 2.24) is 19.9 Å². The fourth-order valence-corrected chi connectivity index (χ4v) is 8.99. The highest BCUT2D eigenvalue weighted by Gasteiger charge is 2.21. The van der Waals surface area contributed by atoms with Gasteiger partial charge in [0.25, 0.3) is 0 Å². The first kappa shape index (κ1) is 40.4. The van der Waals surface area contributed by atoms with Crippen molar-refractivity contribution < 1.29 is 8.83 Å². The molecule has 0 saturated heterocycles. The van der Waals surface area contributed by atoms with E-state index in [1.165, 1.54) is 16.7 Å². The Morgan fingerprint density at radius 3 is 1.35 bits per heavy atom. The summed E-state index contributed by atoms with van der Waals surface area (Å²) >= 11 is 0. The van der Waals surface area contributed by atoms with Crippen molar-refractivity contribution in [2.24, 2.45) is 0 Å². The summed E-state index contributed by atoms with van der Waals surface area (Å²) in [5.74, 6) is 1.28. The quantitative estimate of drug-likeness (QED) is 0.127. The fourth-order valence-electron chi connectivity index (χ4n) is 8.99. The molecule has 0 radical (unpaired) electrons. The first-order valence-electron chi connectivity index (χ1n) is 22.7. The Morgan fingerprint density at radius 1 is 0.397 bits per heavy atom. The van der Waals surface area contributed by atoms with Gasteiger partial charge in [0.15, 0.2) is 0 Å². The van der Waals surface area contributed by atoms with E-state index in [-0.39, 0.29) is 5.92 Å². The first-order valence-corrected chi connectivity index (χ1v) is 22.7. The lowest BCUT2D eigenvalue weighted by Gasteiger charge is -2.30. The predicted molar refractivity (Wildman–Crippen MR) is 273 cm³/mol. The lowest BCUT2D eigenvalue weighted by Crippen LogP contribution is -2.17. The van der Waals surface area contributed by atoms with Crippen LogP contribution in [0, 0.1) is 0 Å². The highest BCUT2D eigenvalue weighted by Crippen LogP contribution is 2.41. The standard InChI is InChI=1S/C60H42N6O2/c1-3-11-41(12-4-1)47-15-7-17-53(39-47)65(51-33-25-45(26-34-51)57-63-55-19-9-37-61-59(55)67-57)49-29-21-43(22-30-49)44-23-31-50(32-24-44)66(54-18-8-16-48(40-54)42-13-5-2-6-14-42)52-35-27-46(28-36-52)58-64-56-20-10-38-62-60(56)68-58/h1-23,25-40,44H,24H2. The van der Waals surface area contributed by atoms with Gasteiger partial charge in [-0.25, -0.2) is 19.9 Å². The highest BCUT2D eigenvalue weighted by molar-refractivity contribution is 5.82. The second-order valence-electron chi connectivity index (χ2n) is 16.7. The first-order chi connectivity index (χ1) is 33.7. The molecule has 68 heavy (non-hydrogen) atoms. The van der Waals surface area contributed by atoms with Crippen LogP contribution in [-0.2, 0) is 0 Å². The van der Waals surface area contributed by atoms with Gasteiger partial charge in [-0.3, -0.25) is 0 Å². The summed E-state index contributed by atoms with van der Waals surface area (Å²) in [4.78, 5) is 22.7. The zero-order chi connectivity index (χ0) is 45.2. The van der Waals surface area contributed by atoms with Crippen molar-refractivity contribution in [2.45, 2.75) is 12.3 Å². The van der Waals surface area contributed by atoms with Crippen molar-refractivity contribution in [2.75, 3.05) is 9.80 Å². The molecular formula is C60H42N6O2. The van der Waals surface area contributed by atoms with E-state index in [2.05, 4.69) is 214 Å². The molecule has 7 aromatic carbocycles. The topological polar surface area (TPSA) is 84.3 Å². The number of aromatic nitrogens is 4. The fraction of sp³-hybridized carbons (Fsp3) is 0.0333. The number of benzene rings is 7. The number of anilines is 5. The van der Waals surface area contributed by atoms with E-state index in [1.807, 2.05) is 30.3 Å². The summed E-state index contributed by atoms with van der Waals surface area (Å²) in [5, 5.41) is 0. The Labute approximate surface area is 393 Å². The molecule has 1 unspecified atom stereocenters. The summed E-state index contributed by atoms with van der Waals surface area (Å²) in [6.45, 7) is 0. The smallest absolute Gasteiger partial charge is 0.247 e. The van der Waals surface area contributed by atoms with Crippen LogP contribution >= 0.6 is 0 Å². The Kier molecular flexibility index (Phi) is 10.5. The van der Waals surface area contributed by atoms with Crippen LogP contribution in [0.5, 0.6) is 0 Å². The molecule has 1 aliphatic carbocycles. The Morgan fingerprint density at radius 2 is 0.868 bits per heavy atom. The van der Waals surface area contributed by atoms with Gasteiger partial charge in [0.1, 0.15) is 11.0 Å². The van der Waals surface area contributed by atoms with Gasteiger partial charge < -0.3 is 18.6 Å². The Hall–Kier alpha value is -9.14. The number of nitrogens with zero attached hydrogens (tertiary/aromatic N) is 6. The molecule has 1 atom stereocenters. The summed E-state index contributed by atoms with van der Waals surface area (Å²) < 4.78 is 12.0. The third-order valence-corrected chi connectivity index (χ3v) is 12.4. The van der Waals surface area contributed by atoms with Crippen LogP contribution in [0.3, 0.4) is 0 Å². The van der Waals surface area contributed by atoms with Crippen molar-refractivity contribution >= 4 is 50.9 Å². The maximum atomic E-state index is 6.02. The number of hydrogen-bond donors (Lipinski definition) is 0.